The van der Waals surface area contributed by atoms with Crippen molar-refractivity contribution in [1.29, 1.82) is 0 Å². The molecule has 0 bridgehead atoms. The number of benzene rings is 2. The lowest BCUT2D eigenvalue weighted by Gasteiger charge is -2.15. The molecule has 0 aromatic heterocycles. The topological polar surface area (TPSA) is 41.5 Å². The van der Waals surface area contributed by atoms with Gasteiger partial charge in [0.15, 0.2) is 0 Å². The lowest BCUT2D eigenvalue weighted by atomic mass is 9.89. The van der Waals surface area contributed by atoms with Gasteiger partial charge >= 0.3 is 0 Å². The number of nitrogens with zero attached hydrogens (tertiary/aromatic N) is 1. The summed E-state index contributed by atoms with van der Waals surface area (Å²) in [6, 6.07) is 18.0. The number of carbonyl (C=O) groups is 1. The van der Waals surface area contributed by atoms with Gasteiger partial charge in [-0.2, -0.15) is 0 Å². The zero-order valence-corrected chi connectivity index (χ0v) is 12.5. The molecule has 1 aliphatic carbocycles. The molecule has 3 heteroatoms. The maximum atomic E-state index is 11.8. The molecular formula is C19H20N2O. The van der Waals surface area contributed by atoms with Gasteiger partial charge in [-0.15, -0.1) is 0 Å². The summed E-state index contributed by atoms with van der Waals surface area (Å²) in [6.07, 6.45) is 5.62. The van der Waals surface area contributed by atoms with E-state index >= 15 is 0 Å². The van der Waals surface area contributed by atoms with Crippen LogP contribution in [0.4, 0.5) is 17.1 Å². The van der Waals surface area contributed by atoms with E-state index in [9.17, 15) is 4.79 Å². The van der Waals surface area contributed by atoms with Gasteiger partial charge in [0.25, 0.3) is 0 Å². The van der Waals surface area contributed by atoms with E-state index in [1.54, 1.807) is 0 Å². The van der Waals surface area contributed by atoms with Gasteiger partial charge in [-0.05, 0) is 49.2 Å². The van der Waals surface area contributed by atoms with Crippen LogP contribution in [0.25, 0.3) is 0 Å². The van der Waals surface area contributed by atoms with Crippen LogP contribution in [0.15, 0.2) is 59.6 Å². The highest BCUT2D eigenvalue weighted by Crippen LogP contribution is 2.22. The molecule has 0 heterocycles. The van der Waals surface area contributed by atoms with Gasteiger partial charge in [-0.3, -0.25) is 9.79 Å². The second kappa shape index (κ2) is 7.03. The average molecular weight is 292 g/mol. The molecule has 1 aliphatic rings. The minimum Gasteiger partial charge on any atom is -0.356 e. The van der Waals surface area contributed by atoms with Crippen molar-refractivity contribution in [2.75, 3.05) is 5.32 Å². The fourth-order valence-corrected chi connectivity index (χ4v) is 2.66. The highest BCUT2D eigenvalue weighted by molar-refractivity contribution is 5.96. The second-order valence-electron chi connectivity index (χ2n) is 5.63. The fraction of sp³-hybridized carbons (Fsp3) is 0.263. The second-order valence-corrected chi connectivity index (χ2v) is 5.63. The number of hydrogen-bond acceptors (Lipinski definition) is 3. The fourth-order valence-electron chi connectivity index (χ4n) is 2.66. The summed E-state index contributed by atoms with van der Waals surface area (Å²) in [5.41, 5.74) is 2.97. The van der Waals surface area contributed by atoms with Gasteiger partial charge in [0.05, 0.1) is 11.6 Å². The average Bonchev–Trinajstić information content (AvgIpc) is 2.56. The van der Waals surface area contributed by atoms with E-state index in [0.29, 0.717) is 12.2 Å². The molecule has 3 rings (SSSR count). The highest BCUT2D eigenvalue weighted by atomic mass is 16.1. The van der Waals surface area contributed by atoms with E-state index in [4.69, 9.17) is 0 Å². The van der Waals surface area contributed by atoms with Crippen LogP contribution >= 0.6 is 0 Å². The molecule has 1 N–H and O–H groups in total. The van der Waals surface area contributed by atoms with Crippen LogP contribution in [-0.2, 0) is 4.79 Å². The third-order valence-electron chi connectivity index (χ3n) is 3.94. The molecule has 1 saturated carbocycles. The molecule has 1 unspecified atom stereocenters. The number of Topliss-reactive ketones (excluding diaryl/α,β-unsaturated/α-hetero) is 1. The highest BCUT2D eigenvalue weighted by Gasteiger charge is 2.19. The Morgan fingerprint density at radius 3 is 2.41 bits per heavy atom. The van der Waals surface area contributed by atoms with Gasteiger partial charge in [-0.25, -0.2) is 0 Å². The first-order valence-corrected chi connectivity index (χ1v) is 7.80. The van der Waals surface area contributed by atoms with E-state index < -0.39 is 0 Å². The van der Waals surface area contributed by atoms with Crippen molar-refractivity contribution in [3.05, 3.63) is 54.6 Å². The number of nitrogens with one attached hydrogen (secondary N) is 1. The quantitative estimate of drug-likeness (QED) is 0.815. The van der Waals surface area contributed by atoms with Gasteiger partial charge < -0.3 is 5.32 Å². The Morgan fingerprint density at radius 1 is 0.955 bits per heavy atom. The van der Waals surface area contributed by atoms with E-state index in [1.165, 1.54) is 0 Å². The van der Waals surface area contributed by atoms with Crippen molar-refractivity contribution in [2.45, 2.75) is 25.7 Å². The molecule has 1 atom stereocenters. The Balaban J connectivity index is 1.63. The predicted molar refractivity (Wildman–Crippen MR) is 91.3 cm³/mol. The molecule has 0 radical (unpaired) electrons. The van der Waals surface area contributed by atoms with Crippen LogP contribution in [0.3, 0.4) is 0 Å². The summed E-state index contributed by atoms with van der Waals surface area (Å²) in [4.78, 5) is 16.2. The summed E-state index contributed by atoms with van der Waals surface area (Å²) in [7, 11) is 0. The molecule has 0 saturated heterocycles. The normalized spacial score (nSPS) is 18.5. The monoisotopic (exact) mass is 292 g/mol. The van der Waals surface area contributed by atoms with Crippen LogP contribution in [0.2, 0.25) is 0 Å². The molecule has 112 valence electrons. The molecule has 22 heavy (non-hydrogen) atoms. The van der Waals surface area contributed by atoms with Crippen LogP contribution in [0.5, 0.6) is 0 Å². The number of anilines is 2. The lowest BCUT2D eigenvalue weighted by molar-refractivity contribution is -0.122. The van der Waals surface area contributed by atoms with Crippen molar-refractivity contribution in [1.82, 2.24) is 0 Å². The lowest BCUT2D eigenvalue weighted by Crippen LogP contribution is -2.19. The zero-order valence-electron chi connectivity index (χ0n) is 12.5. The Labute approximate surface area is 131 Å². The first-order valence-electron chi connectivity index (χ1n) is 7.80. The molecule has 0 spiro atoms. The first-order chi connectivity index (χ1) is 10.8. The molecule has 0 amide bonds. The number of ketones is 1. The maximum Gasteiger partial charge on any atom is 0.141 e. The van der Waals surface area contributed by atoms with Crippen LogP contribution in [-0.4, -0.2) is 12.0 Å². The van der Waals surface area contributed by atoms with Crippen molar-refractivity contribution < 1.29 is 4.79 Å². The predicted octanol–water partition coefficient (Wildman–Crippen LogP) is 4.89. The molecule has 2 aromatic rings. The van der Waals surface area contributed by atoms with Crippen LogP contribution < -0.4 is 5.32 Å². The van der Waals surface area contributed by atoms with Gasteiger partial charge in [0, 0.05) is 24.0 Å². The van der Waals surface area contributed by atoms with E-state index in [1.807, 2.05) is 60.8 Å². The van der Waals surface area contributed by atoms with Gasteiger partial charge in [0.1, 0.15) is 5.78 Å². The SMILES string of the molecule is O=C1CCCCC1C=Nc1ccc(Nc2ccccc2)cc1. The standard InChI is InChI=1S/C19H20N2O/c22-19-9-5-4-6-15(19)14-20-16-10-12-18(13-11-16)21-17-7-2-1-3-8-17/h1-3,7-8,10-15,21H,4-6,9H2. The molecule has 3 nitrogen and oxygen atoms in total. The molecule has 1 fully saturated rings. The summed E-state index contributed by atoms with van der Waals surface area (Å²) in [6.45, 7) is 0. The van der Waals surface area contributed by atoms with E-state index in [2.05, 4.69) is 10.3 Å². The number of para-hydroxylation sites is 1. The minimum absolute atomic E-state index is 0.0101. The Hall–Kier alpha value is -2.42. The molecular weight excluding hydrogens is 272 g/mol. The Kier molecular flexibility index (Phi) is 4.64. The van der Waals surface area contributed by atoms with E-state index in [-0.39, 0.29) is 5.92 Å². The Morgan fingerprint density at radius 2 is 1.68 bits per heavy atom. The van der Waals surface area contributed by atoms with Crippen LogP contribution in [0, 0.1) is 5.92 Å². The number of aliphatic imine (C=N–C) groups is 1. The Bertz CT molecular complexity index is 647. The van der Waals surface area contributed by atoms with Crippen molar-refractivity contribution in [3.63, 3.8) is 0 Å². The third-order valence-corrected chi connectivity index (χ3v) is 3.94. The summed E-state index contributed by atoms with van der Waals surface area (Å²) in [5.74, 6) is 0.341. The molecule has 2 aromatic carbocycles. The van der Waals surface area contributed by atoms with Gasteiger partial charge in [0.2, 0.25) is 0 Å². The smallest absolute Gasteiger partial charge is 0.141 e. The number of carbonyl (C=O) groups excluding carboxylic acids is 1. The zero-order chi connectivity index (χ0) is 15.2. The van der Waals surface area contributed by atoms with Crippen molar-refractivity contribution in [3.8, 4) is 0 Å². The molecule has 0 aliphatic heterocycles. The summed E-state index contributed by atoms with van der Waals surface area (Å²) in [5, 5.41) is 3.34. The van der Waals surface area contributed by atoms with Gasteiger partial charge in [-0.1, -0.05) is 24.6 Å². The number of hydrogen-bond donors (Lipinski definition) is 1. The van der Waals surface area contributed by atoms with Crippen LogP contribution in [0.1, 0.15) is 25.7 Å². The first kappa shape index (κ1) is 14.5. The van der Waals surface area contributed by atoms with E-state index in [0.717, 1.165) is 36.3 Å². The minimum atomic E-state index is 0.0101. The van der Waals surface area contributed by atoms with Crippen molar-refractivity contribution in [2.24, 2.45) is 10.9 Å². The third kappa shape index (κ3) is 3.82. The summed E-state index contributed by atoms with van der Waals surface area (Å²) >= 11 is 0. The maximum absolute atomic E-state index is 11.8. The summed E-state index contributed by atoms with van der Waals surface area (Å²) < 4.78 is 0. The number of rotatable bonds is 4. The van der Waals surface area contributed by atoms with Crippen molar-refractivity contribution >= 4 is 29.1 Å². The largest absolute Gasteiger partial charge is 0.356 e.